The molecule has 6 heteroatoms. The second kappa shape index (κ2) is 11.0. The molecule has 0 aliphatic rings. The highest BCUT2D eigenvalue weighted by Crippen LogP contribution is 2.21. The van der Waals surface area contributed by atoms with Gasteiger partial charge in [0.25, 0.3) is 0 Å². The van der Waals surface area contributed by atoms with Crippen LogP contribution >= 0.6 is 24.0 Å². The molecule has 0 bridgehead atoms. The van der Waals surface area contributed by atoms with Crippen LogP contribution in [-0.2, 0) is 6.54 Å². The summed E-state index contributed by atoms with van der Waals surface area (Å²) in [6.07, 6.45) is 1.66. The molecule has 0 atom stereocenters. The van der Waals surface area contributed by atoms with Crippen molar-refractivity contribution in [2.75, 3.05) is 19.7 Å². The number of hydrogen-bond donors (Lipinski definition) is 2. The topological polar surface area (TPSA) is 58.8 Å². The van der Waals surface area contributed by atoms with Crippen molar-refractivity contribution in [1.82, 2.24) is 10.6 Å². The van der Waals surface area contributed by atoms with E-state index in [9.17, 15) is 0 Å². The van der Waals surface area contributed by atoms with Crippen molar-refractivity contribution in [3.05, 3.63) is 53.5 Å². The van der Waals surface area contributed by atoms with Gasteiger partial charge in [-0.1, -0.05) is 18.2 Å². The van der Waals surface area contributed by atoms with E-state index in [4.69, 9.17) is 9.15 Å². The normalized spacial score (nSPS) is 10.9. The number of aryl methyl sites for hydroxylation is 2. The molecule has 0 saturated carbocycles. The highest BCUT2D eigenvalue weighted by molar-refractivity contribution is 14.0. The van der Waals surface area contributed by atoms with Crippen LogP contribution in [0.2, 0.25) is 0 Å². The van der Waals surface area contributed by atoms with E-state index < -0.39 is 0 Å². The Balaban J connectivity index is 0.00000288. The van der Waals surface area contributed by atoms with E-state index in [1.54, 1.807) is 6.26 Å². The number of hydrogen-bond acceptors (Lipinski definition) is 3. The predicted octanol–water partition coefficient (Wildman–Crippen LogP) is 3.65. The molecule has 2 N–H and O–H groups in total. The molecule has 0 fully saturated rings. The molecule has 0 aliphatic carbocycles. The molecule has 0 amide bonds. The van der Waals surface area contributed by atoms with Crippen LogP contribution in [0.4, 0.5) is 0 Å². The third kappa shape index (κ3) is 6.43. The van der Waals surface area contributed by atoms with E-state index in [0.29, 0.717) is 19.7 Å². The number of nitrogens with one attached hydrogen (secondary N) is 2. The van der Waals surface area contributed by atoms with E-state index in [1.807, 2.05) is 25.1 Å². The summed E-state index contributed by atoms with van der Waals surface area (Å²) in [5.41, 5.74) is 2.31. The van der Waals surface area contributed by atoms with Crippen molar-refractivity contribution < 1.29 is 9.15 Å². The van der Waals surface area contributed by atoms with Crippen LogP contribution in [0.1, 0.15) is 23.8 Å². The molecule has 0 unspecified atom stereocenters. The lowest BCUT2D eigenvalue weighted by Gasteiger charge is -2.14. The van der Waals surface area contributed by atoms with Gasteiger partial charge >= 0.3 is 0 Å². The zero-order valence-electron chi connectivity index (χ0n) is 14.5. The molecule has 0 radical (unpaired) electrons. The van der Waals surface area contributed by atoms with E-state index in [-0.39, 0.29) is 24.0 Å². The summed E-state index contributed by atoms with van der Waals surface area (Å²) in [7, 11) is 0. The Labute approximate surface area is 160 Å². The molecule has 2 rings (SSSR count). The third-order valence-corrected chi connectivity index (χ3v) is 3.37. The summed E-state index contributed by atoms with van der Waals surface area (Å²) >= 11 is 0. The van der Waals surface area contributed by atoms with Gasteiger partial charge in [-0.3, -0.25) is 0 Å². The molecule has 132 valence electrons. The number of ether oxygens (including phenoxy) is 1. The highest BCUT2D eigenvalue weighted by atomic mass is 127. The lowest BCUT2D eigenvalue weighted by molar-refractivity contribution is 0.317. The molecular weight excluding hydrogens is 417 g/mol. The van der Waals surface area contributed by atoms with Gasteiger partial charge < -0.3 is 19.8 Å². The predicted molar refractivity (Wildman–Crippen MR) is 108 cm³/mol. The lowest BCUT2D eigenvalue weighted by Crippen LogP contribution is -2.39. The van der Waals surface area contributed by atoms with Crippen molar-refractivity contribution in [2.45, 2.75) is 27.3 Å². The molecule has 0 saturated heterocycles. The average Bonchev–Trinajstić information content (AvgIpc) is 3.04. The number of halogens is 1. The first-order valence-corrected chi connectivity index (χ1v) is 7.94. The Hall–Kier alpha value is -1.70. The maximum atomic E-state index is 5.88. The number of guanidine groups is 1. The Bertz CT molecular complexity index is 607. The summed E-state index contributed by atoms with van der Waals surface area (Å²) in [5, 5.41) is 6.47. The number of aliphatic imine (C=N–C) groups is 1. The second-order valence-corrected chi connectivity index (χ2v) is 5.27. The number of nitrogens with zero attached hydrogens (tertiary/aromatic N) is 1. The molecule has 24 heavy (non-hydrogen) atoms. The van der Waals surface area contributed by atoms with Gasteiger partial charge in [0.2, 0.25) is 0 Å². The fourth-order valence-electron chi connectivity index (χ4n) is 2.25. The second-order valence-electron chi connectivity index (χ2n) is 5.27. The fourth-order valence-corrected chi connectivity index (χ4v) is 2.25. The largest absolute Gasteiger partial charge is 0.491 e. The molecule has 2 aromatic rings. The molecular formula is C18H26IN3O2. The van der Waals surface area contributed by atoms with Gasteiger partial charge in [-0.05, 0) is 44.0 Å². The van der Waals surface area contributed by atoms with Gasteiger partial charge in [-0.15, -0.1) is 24.0 Å². The Morgan fingerprint density at radius 3 is 2.50 bits per heavy atom. The standard InChI is InChI=1S/C18H25N3O2.HI/c1-4-19-18(21-13-16-9-6-11-22-16)20-10-12-23-17-14(2)7-5-8-15(17)3;/h5-9,11H,4,10,12-13H2,1-3H3,(H2,19,20,21);1H. The van der Waals surface area contributed by atoms with Crippen LogP contribution < -0.4 is 15.4 Å². The Kier molecular flexibility index (Phi) is 9.29. The third-order valence-electron chi connectivity index (χ3n) is 3.37. The monoisotopic (exact) mass is 443 g/mol. The maximum Gasteiger partial charge on any atom is 0.191 e. The molecule has 1 heterocycles. The van der Waals surface area contributed by atoms with Gasteiger partial charge in [0.15, 0.2) is 5.96 Å². The van der Waals surface area contributed by atoms with Gasteiger partial charge in [0.1, 0.15) is 24.7 Å². The Morgan fingerprint density at radius 1 is 1.12 bits per heavy atom. The smallest absolute Gasteiger partial charge is 0.191 e. The minimum absolute atomic E-state index is 0. The maximum absolute atomic E-state index is 5.88. The molecule has 0 spiro atoms. The van der Waals surface area contributed by atoms with Gasteiger partial charge in [-0.25, -0.2) is 4.99 Å². The van der Waals surface area contributed by atoms with Crippen LogP contribution in [0.25, 0.3) is 0 Å². The first kappa shape index (κ1) is 20.3. The molecule has 1 aromatic heterocycles. The van der Waals surface area contributed by atoms with E-state index in [1.165, 1.54) is 0 Å². The molecule has 0 aliphatic heterocycles. The van der Waals surface area contributed by atoms with Crippen molar-refractivity contribution in [2.24, 2.45) is 4.99 Å². The number of rotatable bonds is 7. The number of benzene rings is 1. The summed E-state index contributed by atoms with van der Waals surface area (Å²) in [6, 6.07) is 9.94. The van der Waals surface area contributed by atoms with E-state index >= 15 is 0 Å². The van der Waals surface area contributed by atoms with Gasteiger partial charge in [0, 0.05) is 6.54 Å². The summed E-state index contributed by atoms with van der Waals surface area (Å²) in [4.78, 5) is 4.48. The molecule has 1 aromatic carbocycles. The van der Waals surface area contributed by atoms with Crippen LogP contribution in [0.3, 0.4) is 0 Å². The van der Waals surface area contributed by atoms with Crippen LogP contribution in [0.5, 0.6) is 5.75 Å². The highest BCUT2D eigenvalue weighted by Gasteiger charge is 2.03. The van der Waals surface area contributed by atoms with Crippen molar-refractivity contribution in [1.29, 1.82) is 0 Å². The fraction of sp³-hybridized carbons (Fsp3) is 0.389. The number of furan rings is 1. The van der Waals surface area contributed by atoms with Crippen molar-refractivity contribution >= 4 is 29.9 Å². The minimum atomic E-state index is 0. The van der Waals surface area contributed by atoms with Crippen LogP contribution in [-0.4, -0.2) is 25.7 Å². The summed E-state index contributed by atoms with van der Waals surface area (Å²) in [6.45, 7) is 8.74. The first-order chi connectivity index (χ1) is 11.2. The van der Waals surface area contributed by atoms with Gasteiger partial charge in [-0.2, -0.15) is 0 Å². The quantitative estimate of drug-likeness (QED) is 0.297. The van der Waals surface area contributed by atoms with E-state index in [0.717, 1.165) is 35.1 Å². The summed E-state index contributed by atoms with van der Waals surface area (Å²) in [5.74, 6) is 2.56. The Morgan fingerprint density at radius 2 is 1.88 bits per heavy atom. The van der Waals surface area contributed by atoms with Crippen molar-refractivity contribution in [3.8, 4) is 5.75 Å². The average molecular weight is 443 g/mol. The van der Waals surface area contributed by atoms with Gasteiger partial charge in [0.05, 0.1) is 12.8 Å². The number of para-hydroxylation sites is 1. The molecule has 5 nitrogen and oxygen atoms in total. The minimum Gasteiger partial charge on any atom is -0.491 e. The zero-order chi connectivity index (χ0) is 16.5. The lowest BCUT2D eigenvalue weighted by atomic mass is 10.1. The zero-order valence-corrected chi connectivity index (χ0v) is 16.8. The summed E-state index contributed by atoms with van der Waals surface area (Å²) < 4.78 is 11.2. The van der Waals surface area contributed by atoms with E-state index in [2.05, 4.69) is 41.6 Å². The SMILES string of the molecule is CCNC(=NCc1ccco1)NCCOc1c(C)cccc1C.I. The van der Waals surface area contributed by atoms with Crippen LogP contribution in [0.15, 0.2) is 46.0 Å². The first-order valence-electron chi connectivity index (χ1n) is 7.94. The van der Waals surface area contributed by atoms with Crippen molar-refractivity contribution in [3.63, 3.8) is 0 Å². The van der Waals surface area contributed by atoms with Crippen LogP contribution in [0, 0.1) is 13.8 Å².